The van der Waals surface area contributed by atoms with Gasteiger partial charge >= 0.3 is 0 Å². The summed E-state index contributed by atoms with van der Waals surface area (Å²) in [6.07, 6.45) is 5.97. The van der Waals surface area contributed by atoms with Gasteiger partial charge in [-0.1, -0.05) is 18.9 Å². The molecule has 1 amide bonds. The second-order valence-corrected chi connectivity index (χ2v) is 6.77. The van der Waals surface area contributed by atoms with Crippen molar-refractivity contribution >= 4 is 35.8 Å². The number of halogens is 1. The van der Waals surface area contributed by atoms with Crippen LogP contribution in [0.4, 0.5) is 0 Å². The third-order valence-corrected chi connectivity index (χ3v) is 4.67. The Morgan fingerprint density at radius 3 is 2.48 bits per heavy atom. The number of hydrogen-bond donors (Lipinski definition) is 2. The lowest BCUT2D eigenvalue weighted by Crippen LogP contribution is -2.49. The minimum Gasteiger partial charge on any atom is -0.355 e. The topological polar surface area (TPSA) is 69.6 Å². The van der Waals surface area contributed by atoms with E-state index in [0.717, 1.165) is 36.9 Å². The fourth-order valence-electron chi connectivity index (χ4n) is 3.25. The molecule has 2 rings (SSSR count). The number of nitrogens with one attached hydrogen (secondary N) is 2. The molecule has 0 aromatic carbocycles. The van der Waals surface area contributed by atoms with Gasteiger partial charge in [0.2, 0.25) is 5.91 Å². The van der Waals surface area contributed by atoms with Crippen molar-refractivity contribution in [2.24, 2.45) is 10.4 Å². The van der Waals surface area contributed by atoms with Crippen LogP contribution in [0.5, 0.6) is 0 Å². The van der Waals surface area contributed by atoms with E-state index in [9.17, 15) is 4.79 Å². The van der Waals surface area contributed by atoms with Gasteiger partial charge in [-0.3, -0.25) is 14.8 Å². The van der Waals surface area contributed by atoms with Gasteiger partial charge in [0.15, 0.2) is 5.96 Å². The first-order valence-electron chi connectivity index (χ1n) is 8.55. The van der Waals surface area contributed by atoms with Crippen molar-refractivity contribution in [3.05, 3.63) is 29.6 Å². The van der Waals surface area contributed by atoms with Gasteiger partial charge < -0.3 is 15.5 Å². The zero-order valence-electron chi connectivity index (χ0n) is 15.6. The molecule has 1 aliphatic carbocycles. The third kappa shape index (κ3) is 5.83. The summed E-state index contributed by atoms with van der Waals surface area (Å²) in [6, 6.07) is 4.05. The van der Waals surface area contributed by atoms with E-state index in [1.807, 2.05) is 33.3 Å². The SMILES string of the molecule is CN=C(NCc1ccc(C)nc1)NCC1(C(=O)N(C)C)CCCC1.I. The summed E-state index contributed by atoms with van der Waals surface area (Å²) in [5, 5.41) is 6.63. The van der Waals surface area contributed by atoms with Gasteiger partial charge in [-0.15, -0.1) is 24.0 Å². The molecular formula is C18H30IN5O. The largest absolute Gasteiger partial charge is 0.355 e. The summed E-state index contributed by atoms with van der Waals surface area (Å²) in [5.74, 6) is 0.930. The Morgan fingerprint density at radius 2 is 1.96 bits per heavy atom. The predicted molar refractivity (Wildman–Crippen MR) is 112 cm³/mol. The lowest BCUT2D eigenvalue weighted by Gasteiger charge is -2.31. The fourth-order valence-corrected chi connectivity index (χ4v) is 3.25. The predicted octanol–water partition coefficient (Wildman–Crippen LogP) is 2.32. The zero-order valence-corrected chi connectivity index (χ0v) is 18.0. The highest BCUT2D eigenvalue weighted by Gasteiger charge is 2.42. The Labute approximate surface area is 167 Å². The van der Waals surface area contributed by atoms with E-state index >= 15 is 0 Å². The molecule has 140 valence electrons. The molecule has 0 spiro atoms. The third-order valence-electron chi connectivity index (χ3n) is 4.67. The maximum absolute atomic E-state index is 12.6. The summed E-state index contributed by atoms with van der Waals surface area (Å²) >= 11 is 0. The molecule has 25 heavy (non-hydrogen) atoms. The number of pyridine rings is 1. The second kappa shape index (κ2) is 9.94. The Balaban J connectivity index is 0.00000312. The number of amides is 1. The highest BCUT2D eigenvalue weighted by molar-refractivity contribution is 14.0. The first-order chi connectivity index (χ1) is 11.5. The molecule has 7 heteroatoms. The monoisotopic (exact) mass is 459 g/mol. The van der Waals surface area contributed by atoms with E-state index < -0.39 is 0 Å². The summed E-state index contributed by atoms with van der Waals surface area (Å²) in [5.41, 5.74) is 1.81. The summed E-state index contributed by atoms with van der Waals surface area (Å²) in [6.45, 7) is 3.25. The van der Waals surface area contributed by atoms with Crippen LogP contribution in [0.1, 0.15) is 36.9 Å². The van der Waals surface area contributed by atoms with E-state index in [-0.39, 0.29) is 35.3 Å². The van der Waals surface area contributed by atoms with Crippen LogP contribution in [0, 0.1) is 12.3 Å². The van der Waals surface area contributed by atoms with Crippen molar-refractivity contribution < 1.29 is 4.79 Å². The molecule has 0 bridgehead atoms. The van der Waals surface area contributed by atoms with Gasteiger partial charge in [-0.2, -0.15) is 0 Å². The molecule has 6 nitrogen and oxygen atoms in total. The highest BCUT2D eigenvalue weighted by atomic mass is 127. The average Bonchev–Trinajstić information content (AvgIpc) is 3.06. The molecule has 1 fully saturated rings. The van der Waals surface area contributed by atoms with Crippen molar-refractivity contribution in [3.63, 3.8) is 0 Å². The molecule has 0 atom stereocenters. The Bertz CT molecular complexity index is 580. The molecule has 2 N–H and O–H groups in total. The smallest absolute Gasteiger partial charge is 0.230 e. The van der Waals surface area contributed by atoms with E-state index in [1.54, 1.807) is 11.9 Å². The Morgan fingerprint density at radius 1 is 1.28 bits per heavy atom. The van der Waals surface area contributed by atoms with E-state index in [0.29, 0.717) is 19.0 Å². The van der Waals surface area contributed by atoms with E-state index in [2.05, 4.69) is 26.7 Å². The van der Waals surface area contributed by atoms with Gasteiger partial charge in [-0.25, -0.2) is 0 Å². The molecule has 1 saturated carbocycles. The van der Waals surface area contributed by atoms with Crippen LogP contribution in [-0.4, -0.2) is 49.4 Å². The molecule has 1 aromatic rings. The van der Waals surface area contributed by atoms with Gasteiger partial charge in [-0.05, 0) is 31.4 Å². The summed E-state index contributed by atoms with van der Waals surface area (Å²) < 4.78 is 0. The normalized spacial score (nSPS) is 16.1. The van der Waals surface area contributed by atoms with Crippen molar-refractivity contribution in [3.8, 4) is 0 Å². The first kappa shape index (κ1) is 21.7. The maximum atomic E-state index is 12.6. The van der Waals surface area contributed by atoms with Crippen LogP contribution in [0.3, 0.4) is 0 Å². The van der Waals surface area contributed by atoms with Gasteiger partial charge in [0.1, 0.15) is 0 Å². The number of hydrogen-bond acceptors (Lipinski definition) is 3. The van der Waals surface area contributed by atoms with Crippen LogP contribution in [0.15, 0.2) is 23.3 Å². The number of nitrogens with zero attached hydrogens (tertiary/aromatic N) is 3. The lowest BCUT2D eigenvalue weighted by atomic mass is 9.84. The second-order valence-electron chi connectivity index (χ2n) is 6.77. The van der Waals surface area contributed by atoms with Crippen molar-refractivity contribution in [1.82, 2.24) is 20.5 Å². The minimum absolute atomic E-state index is 0. The van der Waals surface area contributed by atoms with Crippen molar-refractivity contribution in [1.29, 1.82) is 0 Å². The zero-order chi connectivity index (χ0) is 17.6. The average molecular weight is 459 g/mol. The molecule has 0 radical (unpaired) electrons. The van der Waals surface area contributed by atoms with Crippen LogP contribution >= 0.6 is 24.0 Å². The quantitative estimate of drug-likeness (QED) is 0.403. The Hall–Kier alpha value is -1.38. The van der Waals surface area contributed by atoms with Crippen LogP contribution in [0.2, 0.25) is 0 Å². The minimum atomic E-state index is -0.299. The number of carbonyl (C=O) groups is 1. The van der Waals surface area contributed by atoms with Crippen molar-refractivity contribution in [2.45, 2.75) is 39.2 Å². The van der Waals surface area contributed by atoms with Gasteiger partial charge in [0.25, 0.3) is 0 Å². The maximum Gasteiger partial charge on any atom is 0.230 e. The van der Waals surface area contributed by atoms with Crippen molar-refractivity contribution in [2.75, 3.05) is 27.7 Å². The molecular weight excluding hydrogens is 429 g/mol. The first-order valence-corrected chi connectivity index (χ1v) is 8.55. The van der Waals surface area contributed by atoms with E-state index in [1.165, 1.54) is 0 Å². The van der Waals surface area contributed by atoms with Crippen LogP contribution < -0.4 is 10.6 Å². The summed E-state index contributed by atoms with van der Waals surface area (Å²) in [4.78, 5) is 22.9. The molecule has 1 aliphatic rings. The number of rotatable bonds is 5. The number of aliphatic imine (C=N–C) groups is 1. The molecule has 0 saturated heterocycles. The standard InChI is InChI=1S/C18H29N5O.HI/c1-14-7-8-15(11-20-14)12-21-17(19-2)22-13-18(9-5-6-10-18)16(24)23(3)4;/h7-8,11H,5-6,9-10,12-13H2,1-4H3,(H2,19,21,22);1H. The number of aromatic nitrogens is 1. The molecule has 1 heterocycles. The Kier molecular flexibility index (Phi) is 8.61. The van der Waals surface area contributed by atoms with Crippen LogP contribution in [0.25, 0.3) is 0 Å². The highest BCUT2D eigenvalue weighted by Crippen LogP contribution is 2.38. The number of carbonyl (C=O) groups excluding carboxylic acids is 1. The number of aryl methyl sites for hydroxylation is 1. The van der Waals surface area contributed by atoms with Gasteiger partial charge in [0.05, 0.1) is 5.41 Å². The molecule has 1 aromatic heterocycles. The summed E-state index contributed by atoms with van der Waals surface area (Å²) in [7, 11) is 5.41. The fraction of sp³-hybridized carbons (Fsp3) is 0.611. The number of guanidine groups is 1. The molecule has 0 aliphatic heterocycles. The van der Waals surface area contributed by atoms with E-state index in [4.69, 9.17) is 0 Å². The van der Waals surface area contributed by atoms with Crippen LogP contribution in [-0.2, 0) is 11.3 Å². The lowest BCUT2D eigenvalue weighted by molar-refractivity contribution is -0.138. The van der Waals surface area contributed by atoms with Gasteiger partial charge in [0, 0.05) is 46.1 Å². The molecule has 0 unspecified atom stereocenters.